The first-order chi connectivity index (χ1) is 10.2. The predicted molar refractivity (Wildman–Crippen MR) is 84.0 cm³/mol. The molecule has 2 aromatic carbocycles. The minimum absolute atomic E-state index is 0.0785. The number of anilines is 1. The molecule has 0 unspecified atom stereocenters. The van der Waals surface area contributed by atoms with Gasteiger partial charge < -0.3 is 21.0 Å². The highest BCUT2D eigenvalue weighted by atomic mass is 16.5. The van der Waals surface area contributed by atoms with Crippen molar-refractivity contribution < 1.29 is 9.94 Å². The van der Waals surface area contributed by atoms with Crippen LogP contribution in [0.2, 0.25) is 0 Å². The van der Waals surface area contributed by atoms with E-state index in [1.54, 1.807) is 13.2 Å². The lowest BCUT2D eigenvalue weighted by Gasteiger charge is -2.13. The second-order valence-corrected chi connectivity index (χ2v) is 4.68. The Labute approximate surface area is 124 Å². The van der Waals surface area contributed by atoms with E-state index >= 15 is 0 Å². The lowest BCUT2D eigenvalue weighted by molar-refractivity contribution is 0.318. The van der Waals surface area contributed by atoms with Gasteiger partial charge in [-0.3, -0.25) is 0 Å². The second kappa shape index (κ2) is 6.65. The Morgan fingerprint density at radius 3 is 2.71 bits per heavy atom. The van der Waals surface area contributed by atoms with Gasteiger partial charge in [-0.05, 0) is 36.8 Å². The highest BCUT2D eigenvalue weighted by Crippen LogP contribution is 2.22. The topological polar surface area (TPSA) is 79.9 Å². The van der Waals surface area contributed by atoms with E-state index in [1.165, 1.54) is 5.56 Å². The van der Waals surface area contributed by atoms with E-state index in [1.807, 2.05) is 43.3 Å². The minimum atomic E-state index is 0.0785. The van der Waals surface area contributed by atoms with Gasteiger partial charge in [0, 0.05) is 23.4 Å². The Bertz CT molecular complexity index is 654. The van der Waals surface area contributed by atoms with Gasteiger partial charge >= 0.3 is 0 Å². The van der Waals surface area contributed by atoms with Crippen LogP contribution < -0.4 is 15.8 Å². The summed E-state index contributed by atoms with van der Waals surface area (Å²) in [5, 5.41) is 15.2. The average Bonchev–Trinajstić information content (AvgIpc) is 2.53. The molecule has 0 bridgehead atoms. The Hall–Kier alpha value is -2.69. The van der Waals surface area contributed by atoms with Crippen LogP contribution in [0.5, 0.6) is 5.75 Å². The standard InChI is InChI=1S/C16H19N3O2/c1-11-5-3-4-6-14(11)18-10-13-9-12(16(17)19-20)7-8-15(13)21-2/h3-9,18,20H,10H2,1-2H3,(H2,17,19). The number of amidine groups is 1. The fraction of sp³-hybridized carbons (Fsp3) is 0.188. The maximum absolute atomic E-state index is 8.77. The summed E-state index contributed by atoms with van der Waals surface area (Å²) in [7, 11) is 1.62. The van der Waals surface area contributed by atoms with Crippen molar-refractivity contribution in [1.29, 1.82) is 0 Å². The molecule has 0 saturated carbocycles. The van der Waals surface area contributed by atoms with E-state index in [2.05, 4.69) is 10.5 Å². The van der Waals surface area contributed by atoms with Crippen molar-refractivity contribution in [2.45, 2.75) is 13.5 Å². The molecule has 0 spiro atoms. The first-order valence-corrected chi connectivity index (χ1v) is 6.60. The second-order valence-electron chi connectivity index (χ2n) is 4.68. The number of rotatable bonds is 5. The predicted octanol–water partition coefficient (Wildman–Crippen LogP) is 2.71. The van der Waals surface area contributed by atoms with Crippen molar-refractivity contribution in [2.75, 3.05) is 12.4 Å². The number of hydrogen-bond donors (Lipinski definition) is 3. The van der Waals surface area contributed by atoms with E-state index in [9.17, 15) is 0 Å². The lowest BCUT2D eigenvalue weighted by Crippen LogP contribution is -2.14. The van der Waals surface area contributed by atoms with Crippen LogP contribution in [-0.2, 0) is 6.54 Å². The monoisotopic (exact) mass is 285 g/mol. The molecule has 110 valence electrons. The fourth-order valence-electron chi connectivity index (χ4n) is 2.10. The molecule has 0 fully saturated rings. The van der Waals surface area contributed by atoms with Crippen LogP contribution in [0.1, 0.15) is 16.7 Å². The molecule has 0 aliphatic heterocycles. The maximum atomic E-state index is 8.77. The number of nitrogens with zero attached hydrogens (tertiary/aromatic N) is 1. The van der Waals surface area contributed by atoms with E-state index in [4.69, 9.17) is 15.7 Å². The quantitative estimate of drug-likeness (QED) is 0.341. The molecule has 5 nitrogen and oxygen atoms in total. The molecule has 0 radical (unpaired) electrons. The number of nitrogens with two attached hydrogens (primary N) is 1. The fourth-order valence-corrected chi connectivity index (χ4v) is 2.10. The smallest absolute Gasteiger partial charge is 0.170 e. The normalized spacial score (nSPS) is 11.2. The van der Waals surface area contributed by atoms with Crippen molar-refractivity contribution >= 4 is 11.5 Å². The van der Waals surface area contributed by atoms with E-state index in [0.29, 0.717) is 12.1 Å². The summed E-state index contributed by atoms with van der Waals surface area (Å²) in [5.41, 5.74) is 9.45. The zero-order chi connectivity index (χ0) is 15.2. The maximum Gasteiger partial charge on any atom is 0.170 e. The largest absolute Gasteiger partial charge is 0.496 e. The molecule has 5 heteroatoms. The molecule has 0 heterocycles. The molecule has 21 heavy (non-hydrogen) atoms. The van der Waals surface area contributed by atoms with Crippen LogP contribution in [0.4, 0.5) is 5.69 Å². The van der Waals surface area contributed by atoms with Crippen LogP contribution >= 0.6 is 0 Å². The van der Waals surface area contributed by atoms with E-state index in [-0.39, 0.29) is 5.84 Å². The zero-order valence-corrected chi connectivity index (χ0v) is 12.1. The number of nitrogens with one attached hydrogen (secondary N) is 1. The van der Waals surface area contributed by atoms with Crippen LogP contribution in [0, 0.1) is 6.92 Å². The third kappa shape index (κ3) is 3.45. The van der Waals surface area contributed by atoms with Gasteiger partial charge in [0.2, 0.25) is 0 Å². The highest BCUT2D eigenvalue weighted by molar-refractivity contribution is 5.97. The summed E-state index contributed by atoms with van der Waals surface area (Å²) < 4.78 is 5.35. The van der Waals surface area contributed by atoms with Crippen molar-refractivity contribution in [3.8, 4) is 5.75 Å². The van der Waals surface area contributed by atoms with Gasteiger partial charge in [-0.1, -0.05) is 23.4 Å². The molecule has 0 amide bonds. The van der Waals surface area contributed by atoms with Gasteiger partial charge in [0.25, 0.3) is 0 Å². The van der Waals surface area contributed by atoms with Crippen molar-refractivity contribution in [1.82, 2.24) is 0 Å². The van der Waals surface area contributed by atoms with Crippen molar-refractivity contribution in [2.24, 2.45) is 10.9 Å². The van der Waals surface area contributed by atoms with E-state index in [0.717, 1.165) is 17.0 Å². The molecule has 2 aromatic rings. The summed E-state index contributed by atoms with van der Waals surface area (Å²) in [5.74, 6) is 0.834. The number of oxime groups is 1. The summed E-state index contributed by atoms with van der Waals surface area (Å²) in [6.07, 6.45) is 0. The van der Waals surface area contributed by atoms with Gasteiger partial charge in [-0.25, -0.2) is 0 Å². The van der Waals surface area contributed by atoms with Crippen LogP contribution in [0.3, 0.4) is 0 Å². The number of para-hydroxylation sites is 1. The molecule has 0 atom stereocenters. The lowest BCUT2D eigenvalue weighted by atomic mass is 10.1. The van der Waals surface area contributed by atoms with Crippen LogP contribution in [-0.4, -0.2) is 18.2 Å². The Balaban J connectivity index is 2.24. The molecule has 0 aliphatic carbocycles. The number of aryl methyl sites for hydroxylation is 1. The first-order valence-electron chi connectivity index (χ1n) is 6.60. The summed E-state index contributed by atoms with van der Waals surface area (Å²) in [6, 6.07) is 13.5. The van der Waals surface area contributed by atoms with Gasteiger partial charge in [0.15, 0.2) is 5.84 Å². The van der Waals surface area contributed by atoms with Crippen LogP contribution in [0.25, 0.3) is 0 Å². The van der Waals surface area contributed by atoms with Gasteiger partial charge in [-0.2, -0.15) is 0 Å². The Morgan fingerprint density at radius 1 is 1.29 bits per heavy atom. The average molecular weight is 285 g/mol. The van der Waals surface area contributed by atoms with Crippen molar-refractivity contribution in [3.05, 3.63) is 59.2 Å². The van der Waals surface area contributed by atoms with Crippen LogP contribution in [0.15, 0.2) is 47.6 Å². The molecule has 0 aromatic heterocycles. The highest BCUT2D eigenvalue weighted by Gasteiger charge is 2.07. The van der Waals surface area contributed by atoms with E-state index < -0.39 is 0 Å². The number of ether oxygens (including phenoxy) is 1. The third-order valence-corrected chi connectivity index (χ3v) is 3.30. The number of benzene rings is 2. The molecular weight excluding hydrogens is 266 g/mol. The summed E-state index contributed by atoms with van der Waals surface area (Å²) in [6.45, 7) is 2.63. The molecule has 2 rings (SSSR count). The SMILES string of the molecule is COc1ccc(/C(N)=N/O)cc1CNc1ccccc1C. The minimum Gasteiger partial charge on any atom is -0.496 e. The van der Waals surface area contributed by atoms with Gasteiger partial charge in [0.1, 0.15) is 5.75 Å². The molecule has 4 N–H and O–H groups in total. The summed E-state index contributed by atoms with van der Waals surface area (Å²) in [4.78, 5) is 0. The Morgan fingerprint density at radius 2 is 2.05 bits per heavy atom. The number of hydrogen-bond acceptors (Lipinski definition) is 4. The van der Waals surface area contributed by atoms with Gasteiger partial charge in [0.05, 0.1) is 7.11 Å². The molecule has 0 aliphatic rings. The number of methoxy groups -OCH3 is 1. The zero-order valence-electron chi connectivity index (χ0n) is 12.1. The third-order valence-electron chi connectivity index (χ3n) is 3.30. The first kappa shape index (κ1) is 14.7. The Kier molecular flexibility index (Phi) is 4.66. The van der Waals surface area contributed by atoms with Gasteiger partial charge in [-0.15, -0.1) is 0 Å². The molecule has 0 saturated heterocycles. The summed E-state index contributed by atoms with van der Waals surface area (Å²) >= 11 is 0. The molecular formula is C16H19N3O2. The van der Waals surface area contributed by atoms with Crippen molar-refractivity contribution in [3.63, 3.8) is 0 Å².